The van der Waals surface area contributed by atoms with E-state index in [1.54, 1.807) is 18.3 Å². The Morgan fingerprint density at radius 1 is 1.21 bits per heavy atom. The van der Waals surface area contributed by atoms with Crippen molar-refractivity contribution in [3.8, 4) is 11.8 Å². The second-order valence-electron chi connectivity index (χ2n) is 6.81. The molecule has 0 saturated carbocycles. The smallest absolute Gasteiger partial charge is 0.270 e. The summed E-state index contributed by atoms with van der Waals surface area (Å²) in [7, 11) is 0. The summed E-state index contributed by atoms with van der Waals surface area (Å²) in [6.45, 7) is 1.15. The molecule has 5 rings (SSSR count). The Morgan fingerprint density at radius 3 is 2.89 bits per heavy atom. The first-order valence-corrected chi connectivity index (χ1v) is 9.02. The monoisotopic (exact) mass is 368 g/mol. The van der Waals surface area contributed by atoms with Crippen molar-refractivity contribution >= 4 is 16.8 Å². The molecular formula is C21H16N6O. The van der Waals surface area contributed by atoms with Gasteiger partial charge in [-0.15, -0.1) is 0 Å². The number of nitriles is 1. The fourth-order valence-electron chi connectivity index (χ4n) is 3.58. The molecule has 0 fully saturated rings. The van der Waals surface area contributed by atoms with E-state index in [2.05, 4.69) is 15.1 Å². The zero-order chi connectivity index (χ0) is 19.1. The van der Waals surface area contributed by atoms with Crippen LogP contribution >= 0.6 is 0 Å². The van der Waals surface area contributed by atoms with Gasteiger partial charge in [0.25, 0.3) is 5.91 Å². The molecule has 0 bridgehead atoms. The van der Waals surface area contributed by atoms with Gasteiger partial charge in [0.2, 0.25) is 0 Å². The molecule has 0 radical (unpaired) electrons. The number of nitrogens with zero attached hydrogens (tertiary/aromatic N) is 5. The molecule has 0 saturated heterocycles. The van der Waals surface area contributed by atoms with Gasteiger partial charge in [0.05, 0.1) is 23.1 Å². The van der Waals surface area contributed by atoms with E-state index in [0.29, 0.717) is 24.5 Å². The number of benzene rings is 1. The maximum atomic E-state index is 13.0. The van der Waals surface area contributed by atoms with Gasteiger partial charge in [-0.2, -0.15) is 10.4 Å². The van der Waals surface area contributed by atoms with Crippen LogP contribution in [0, 0.1) is 11.3 Å². The van der Waals surface area contributed by atoms with Crippen molar-refractivity contribution in [1.82, 2.24) is 24.6 Å². The quantitative estimate of drug-likeness (QED) is 0.589. The first-order chi connectivity index (χ1) is 13.7. The van der Waals surface area contributed by atoms with Crippen molar-refractivity contribution in [3.63, 3.8) is 0 Å². The molecule has 7 heteroatoms. The molecule has 3 aromatic heterocycles. The average molecular weight is 368 g/mol. The van der Waals surface area contributed by atoms with Crippen molar-refractivity contribution in [2.24, 2.45) is 0 Å². The van der Waals surface area contributed by atoms with Crippen LogP contribution in [0.2, 0.25) is 0 Å². The van der Waals surface area contributed by atoms with Gasteiger partial charge in [-0.05, 0) is 24.3 Å². The summed E-state index contributed by atoms with van der Waals surface area (Å²) in [5.41, 5.74) is 4.69. The fourth-order valence-corrected chi connectivity index (χ4v) is 3.58. The lowest BCUT2D eigenvalue weighted by atomic mass is 10.1. The number of hydrogen-bond donors (Lipinski definition) is 1. The maximum Gasteiger partial charge on any atom is 0.270 e. The van der Waals surface area contributed by atoms with Crippen molar-refractivity contribution in [2.75, 3.05) is 6.54 Å². The van der Waals surface area contributed by atoms with E-state index in [4.69, 9.17) is 5.26 Å². The SMILES string of the molecule is N#Cc1cc2cc(C(=O)N3CCc4nn(-c5ccccc5)cc4C3)[nH]c2cn1. The third kappa shape index (κ3) is 2.72. The highest BCUT2D eigenvalue weighted by atomic mass is 16.2. The highest BCUT2D eigenvalue weighted by molar-refractivity contribution is 5.98. The van der Waals surface area contributed by atoms with Crippen LogP contribution in [0.4, 0.5) is 0 Å². The van der Waals surface area contributed by atoms with E-state index < -0.39 is 0 Å². The fraction of sp³-hybridized carbons (Fsp3) is 0.143. The van der Waals surface area contributed by atoms with Crippen LogP contribution in [0.15, 0.2) is 54.9 Å². The summed E-state index contributed by atoms with van der Waals surface area (Å²) in [4.78, 5) is 22.0. The predicted molar refractivity (Wildman–Crippen MR) is 103 cm³/mol. The second-order valence-corrected chi connectivity index (χ2v) is 6.81. The number of fused-ring (bicyclic) bond motifs is 2. The Kier molecular flexibility index (Phi) is 3.69. The van der Waals surface area contributed by atoms with Crippen LogP contribution in [0.25, 0.3) is 16.6 Å². The molecule has 0 aliphatic carbocycles. The molecule has 1 aromatic carbocycles. The number of H-pyrrole nitrogens is 1. The van der Waals surface area contributed by atoms with Gasteiger partial charge in [-0.1, -0.05) is 18.2 Å². The summed E-state index contributed by atoms with van der Waals surface area (Å²) < 4.78 is 1.87. The highest BCUT2D eigenvalue weighted by Crippen LogP contribution is 2.23. The molecule has 1 N–H and O–H groups in total. The summed E-state index contributed by atoms with van der Waals surface area (Å²) in [5.74, 6) is -0.0622. The topological polar surface area (TPSA) is 90.6 Å². The summed E-state index contributed by atoms with van der Waals surface area (Å²) in [6, 6.07) is 15.4. The highest BCUT2D eigenvalue weighted by Gasteiger charge is 2.25. The van der Waals surface area contributed by atoms with Gasteiger partial charge in [-0.3, -0.25) is 4.79 Å². The minimum absolute atomic E-state index is 0.0622. The lowest BCUT2D eigenvalue weighted by molar-refractivity contribution is 0.0729. The second kappa shape index (κ2) is 6.35. The zero-order valence-corrected chi connectivity index (χ0v) is 15.0. The first kappa shape index (κ1) is 16.3. The molecule has 28 heavy (non-hydrogen) atoms. The average Bonchev–Trinajstić information content (AvgIpc) is 3.36. The third-order valence-electron chi connectivity index (χ3n) is 5.02. The number of para-hydroxylation sites is 1. The van der Waals surface area contributed by atoms with Crippen molar-refractivity contribution in [2.45, 2.75) is 13.0 Å². The van der Waals surface area contributed by atoms with Gasteiger partial charge in [0, 0.05) is 36.7 Å². The van der Waals surface area contributed by atoms with E-state index in [0.717, 1.165) is 34.3 Å². The molecule has 0 unspecified atom stereocenters. The van der Waals surface area contributed by atoms with Crippen LogP contribution < -0.4 is 0 Å². The first-order valence-electron chi connectivity index (χ1n) is 9.02. The maximum absolute atomic E-state index is 13.0. The van der Waals surface area contributed by atoms with Crippen LogP contribution in [0.1, 0.15) is 27.4 Å². The largest absolute Gasteiger partial charge is 0.349 e. The molecule has 0 atom stereocenters. The van der Waals surface area contributed by atoms with E-state index in [-0.39, 0.29) is 5.91 Å². The summed E-state index contributed by atoms with van der Waals surface area (Å²) >= 11 is 0. The van der Waals surface area contributed by atoms with Crippen molar-refractivity contribution in [1.29, 1.82) is 5.26 Å². The van der Waals surface area contributed by atoms with Gasteiger partial charge in [0.15, 0.2) is 0 Å². The van der Waals surface area contributed by atoms with Crippen LogP contribution in [0.5, 0.6) is 0 Å². The third-order valence-corrected chi connectivity index (χ3v) is 5.02. The Labute approximate surface area is 160 Å². The molecule has 4 heterocycles. The number of rotatable bonds is 2. The van der Waals surface area contributed by atoms with E-state index in [1.807, 2.05) is 52.2 Å². The molecular weight excluding hydrogens is 352 g/mol. The van der Waals surface area contributed by atoms with Gasteiger partial charge < -0.3 is 9.88 Å². The van der Waals surface area contributed by atoms with E-state index in [9.17, 15) is 4.79 Å². The van der Waals surface area contributed by atoms with E-state index >= 15 is 0 Å². The lowest BCUT2D eigenvalue weighted by Gasteiger charge is -2.25. The number of aromatic nitrogens is 4. The van der Waals surface area contributed by atoms with Crippen molar-refractivity contribution in [3.05, 3.63) is 77.5 Å². The Balaban J connectivity index is 1.41. The standard InChI is InChI=1S/C21H16N6O/c22-10-16-8-14-9-19(24-20(14)11-23-16)21(28)26-7-6-18-15(12-26)13-27(25-18)17-4-2-1-3-5-17/h1-5,8-9,11,13,24H,6-7,12H2. The Morgan fingerprint density at radius 2 is 2.07 bits per heavy atom. The summed E-state index contributed by atoms with van der Waals surface area (Å²) in [5, 5.41) is 14.5. The molecule has 4 aromatic rings. The molecule has 136 valence electrons. The Bertz CT molecular complexity index is 1230. The molecule has 1 aliphatic heterocycles. The van der Waals surface area contributed by atoms with E-state index in [1.165, 1.54) is 0 Å². The number of nitrogens with one attached hydrogen (secondary N) is 1. The molecule has 1 amide bonds. The molecule has 7 nitrogen and oxygen atoms in total. The molecule has 0 spiro atoms. The number of hydrogen-bond acceptors (Lipinski definition) is 4. The lowest BCUT2D eigenvalue weighted by Crippen LogP contribution is -2.35. The van der Waals surface area contributed by atoms with Crippen LogP contribution in [0.3, 0.4) is 0 Å². The normalized spacial score (nSPS) is 13.3. The van der Waals surface area contributed by atoms with Crippen LogP contribution in [-0.2, 0) is 13.0 Å². The summed E-state index contributed by atoms with van der Waals surface area (Å²) in [6.07, 6.45) is 4.31. The number of aromatic amines is 1. The number of amides is 1. The van der Waals surface area contributed by atoms with Gasteiger partial charge in [0.1, 0.15) is 17.5 Å². The molecule has 1 aliphatic rings. The number of carbonyl (C=O) groups is 1. The van der Waals surface area contributed by atoms with Gasteiger partial charge >= 0.3 is 0 Å². The van der Waals surface area contributed by atoms with Crippen LogP contribution in [-0.4, -0.2) is 37.1 Å². The minimum atomic E-state index is -0.0622. The predicted octanol–water partition coefficient (Wildman–Crippen LogP) is 2.82. The Hall–Kier alpha value is -3.92. The van der Waals surface area contributed by atoms with Crippen molar-refractivity contribution < 1.29 is 4.79 Å². The van der Waals surface area contributed by atoms with Gasteiger partial charge in [-0.25, -0.2) is 9.67 Å². The number of carbonyl (C=O) groups excluding carboxylic acids is 1. The minimum Gasteiger partial charge on any atom is -0.349 e. The zero-order valence-electron chi connectivity index (χ0n) is 15.0. The number of pyridine rings is 1.